The molecule has 1 atom stereocenters. The number of para-hydroxylation sites is 1. The predicted octanol–water partition coefficient (Wildman–Crippen LogP) is 4.01. The standard InChI is InChI=1S/C23H25FN4O3S/c1-3-7-16(2)25-20(29)14-31-21(30)15-32-23-27-26-22(17-10-12-18(24)13-11-17)28(23)19-8-5-4-6-9-19/h4-6,8-13,16H,3,7,14-15H2,1-2H3,(H,25,29). The molecule has 3 rings (SSSR count). The molecular formula is C23H25FN4O3S. The summed E-state index contributed by atoms with van der Waals surface area (Å²) in [7, 11) is 0. The summed E-state index contributed by atoms with van der Waals surface area (Å²) in [4.78, 5) is 24.1. The van der Waals surface area contributed by atoms with Gasteiger partial charge in [0.25, 0.3) is 5.91 Å². The molecular weight excluding hydrogens is 431 g/mol. The van der Waals surface area contributed by atoms with Crippen molar-refractivity contribution in [3.63, 3.8) is 0 Å². The van der Waals surface area contributed by atoms with Crippen LogP contribution >= 0.6 is 11.8 Å². The van der Waals surface area contributed by atoms with Crippen LogP contribution in [-0.2, 0) is 14.3 Å². The summed E-state index contributed by atoms with van der Waals surface area (Å²) in [6.07, 6.45) is 1.82. The van der Waals surface area contributed by atoms with Crippen LogP contribution in [0.1, 0.15) is 26.7 Å². The summed E-state index contributed by atoms with van der Waals surface area (Å²) in [6, 6.07) is 15.4. The average molecular weight is 457 g/mol. The largest absolute Gasteiger partial charge is 0.455 e. The molecule has 1 unspecified atom stereocenters. The van der Waals surface area contributed by atoms with Gasteiger partial charge in [0.05, 0.1) is 5.75 Å². The van der Waals surface area contributed by atoms with Gasteiger partial charge in [-0.1, -0.05) is 43.3 Å². The minimum absolute atomic E-state index is 0.0355. The topological polar surface area (TPSA) is 86.1 Å². The summed E-state index contributed by atoms with van der Waals surface area (Å²) < 4.78 is 20.2. The number of nitrogens with one attached hydrogen (secondary N) is 1. The molecule has 9 heteroatoms. The Labute approximate surface area is 190 Å². The van der Waals surface area contributed by atoms with Gasteiger partial charge >= 0.3 is 5.97 Å². The van der Waals surface area contributed by atoms with E-state index in [0.29, 0.717) is 16.5 Å². The van der Waals surface area contributed by atoms with Crippen molar-refractivity contribution in [3.8, 4) is 17.1 Å². The maximum Gasteiger partial charge on any atom is 0.316 e. The lowest BCUT2D eigenvalue weighted by Gasteiger charge is -2.13. The first-order valence-corrected chi connectivity index (χ1v) is 11.3. The smallest absolute Gasteiger partial charge is 0.316 e. The molecule has 1 aromatic heterocycles. The number of nitrogens with zero attached hydrogens (tertiary/aromatic N) is 3. The number of benzene rings is 2. The fraction of sp³-hybridized carbons (Fsp3) is 0.304. The van der Waals surface area contributed by atoms with Crippen LogP contribution in [-0.4, -0.2) is 45.0 Å². The van der Waals surface area contributed by atoms with Gasteiger partial charge in [0.15, 0.2) is 17.6 Å². The van der Waals surface area contributed by atoms with Crippen molar-refractivity contribution in [3.05, 3.63) is 60.4 Å². The predicted molar refractivity (Wildman–Crippen MR) is 121 cm³/mol. The van der Waals surface area contributed by atoms with E-state index in [0.717, 1.165) is 30.3 Å². The minimum Gasteiger partial charge on any atom is -0.455 e. The van der Waals surface area contributed by atoms with Crippen LogP contribution in [0.3, 0.4) is 0 Å². The number of ether oxygens (including phenoxy) is 1. The number of esters is 1. The summed E-state index contributed by atoms with van der Waals surface area (Å²) in [6.45, 7) is 3.63. The first-order chi connectivity index (χ1) is 15.5. The lowest BCUT2D eigenvalue weighted by atomic mass is 10.2. The van der Waals surface area contributed by atoms with Gasteiger partial charge in [-0.05, 0) is 49.7 Å². The molecule has 0 bridgehead atoms. The van der Waals surface area contributed by atoms with Crippen molar-refractivity contribution in [1.29, 1.82) is 0 Å². The molecule has 1 heterocycles. The summed E-state index contributed by atoms with van der Waals surface area (Å²) >= 11 is 1.15. The van der Waals surface area contributed by atoms with Gasteiger partial charge in [0.2, 0.25) is 0 Å². The third-order valence-electron chi connectivity index (χ3n) is 4.56. The molecule has 0 saturated carbocycles. The fourth-order valence-corrected chi connectivity index (χ4v) is 3.84. The van der Waals surface area contributed by atoms with E-state index in [1.807, 2.05) is 44.2 Å². The molecule has 32 heavy (non-hydrogen) atoms. The highest BCUT2D eigenvalue weighted by atomic mass is 32.2. The molecule has 0 spiro atoms. The van der Waals surface area contributed by atoms with Crippen LogP contribution in [0.2, 0.25) is 0 Å². The molecule has 168 valence electrons. The Morgan fingerprint density at radius 2 is 1.84 bits per heavy atom. The zero-order valence-electron chi connectivity index (χ0n) is 18.0. The van der Waals surface area contributed by atoms with Crippen LogP contribution < -0.4 is 5.32 Å². The highest BCUT2D eigenvalue weighted by Crippen LogP contribution is 2.28. The lowest BCUT2D eigenvalue weighted by molar-refractivity contribution is -0.146. The molecule has 0 aliphatic carbocycles. The van der Waals surface area contributed by atoms with Gasteiger partial charge in [-0.25, -0.2) is 4.39 Å². The lowest BCUT2D eigenvalue weighted by Crippen LogP contribution is -2.35. The van der Waals surface area contributed by atoms with Gasteiger partial charge in [0, 0.05) is 17.3 Å². The molecule has 1 N–H and O–H groups in total. The monoisotopic (exact) mass is 456 g/mol. The number of amides is 1. The highest BCUT2D eigenvalue weighted by Gasteiger charge is 2.18. The normalized spacial score (nSPS) is 11.7. The number of thioether (sulfide) groups is 1. The summed E-state index contributed by atoms with van der Waals surface area (Å²) in [5, 5.41) is 11.7. The molecule has 1 amide bonds. The number of carbonyl (C=O) groups excluding carboxylic acids is 2. The second-order valence-corrected chi connectivity index (χ2v) is 8.13. The molecule has 2 aromatic carbocycles. The Bertz CT molecular complexity index is 1040. The fourth-order valence-electron chi connectivity index (χ4n) is 3.09. The van der Waals surface area contributed by atoms with Crippen molar-refractivity contribution in [1.82, 2.24) is 20.1 Å². The third-order valence-corrected chi connectivity index (χ3v) is 5.47. The second-order valence-electron chi connectivity index (χ2n) is 7.19. The Kier molecular flexibility index (Phi) is 8.38. The number of hydrogen-bond donors (Lipinski definition) is 1. The summed E-state index contributed by atoms with van der Waals surface area (Å²) in [5.41, 5.74) is 1.49. The Hall–Kier alpha value is -3.20. The van der Waals surface area contributed by atoms with Crippen LogP contribution in [0.25, 0.3) is 17.1 Å². The molecule has 0 fully saturated rings. The van der Waals surface area contributed by atoms with Gasteiger partial charge in [-0.15, -0.1) is 10.2 Å². The first kappa shape index (κ1) is 23.5. The zero-order chi connectivity index (χ0) is 22.9. The van der Waals surface area contributed by atoms with E-state index < -0.39 is 5.97 Å². The Morgan fingerprint density at radius 3 is 2.53 bits per heavy atom. The average Bonchev–Trinajstić information content (AvgIpc) is 3.21. The quantitative estimate of drug-likeness (QED) is 0.366. The van der Waals surface area contributed by atoms with Crippen molar-refractivity contribution in [2.75, 3.05) is 12.4 Å². The van der Waals surface area contributed by atoms with Crippen LogP contribution in [0.4, 0.5) is 4.39 Å². The molecule has 0 aliphatic heterocycles. The molecule has 7 nitrogen and oxygen atoms in total. The Morgan fingerprint density at radius 1 is 1.12 bits per heavy atom. The van der Waals surface area contributed by atoms with E-state index in [1.54, 1.807) is 16.7 Å². The molecule has 0 aliphatic rings. The van der Waals surface area contributed by atoms with E-state index in [1.165, 1.54) is 12.1 Å². The van der Waals surface area contributed by atoms with Gasteiger partial charge in [0.1, 0.15) is 5.82 Å². The molecule has 0 radical (unpaired) electrons. The highest BCUT2D eigenvalue weighted by molar-refractivity contribution is 7.99. The number of hydrogen-bond acceptors (Lipinski definition) is 6. The number of carbonyl (C=O) groups is 2. The molecule has 0 saturated heterocycles. The maximum absolute atomic E-state index is 13.4. The van der Waals surface area contributed by atoms with Crippen molar-refractivity contribution >= 4 is 23.6 Å². The van der Waals surface area contributed by atoms with Crippen LogP contribution in [0, 0.1) is 5.82 Å². The molecule has 3 aromatic rings. The van der Waals surface area contributed by atoms with Gasteiger partial charge in [-0.2, -0.15) is 0 Å². The van der Waals surface area contributed by atoms with Gasteiger partial charge in [-0.3, -0.25) is 14.2 Å². The number of rotatable bonds is 10. The zero-order valence-corrected chi connectivity index (χ0v) is 18.8. The minimum atomic E-state index is -0.528. The van der Waals surface area contributed by atoms with E-state index in [4.69, 9.17) is 4.74 Å². The van der Waals surface area contributed by atoms with E-state index in [-0.39, 0.29) is 30.1 Å². The van der Waals surface area contributed by atoms with E-state index in [9.17, 15) is 14.0 Å². The van der Waals surface area contributed by atoms with E-state index in [2.05, 4.69) is 15.5 Å². The van der Waals surface area contributed by atoms with Crippen molar-refractivity contribution in [2.45, 2.75) is 37.9 Å². The number of halogens is 1. The van der Waals surface area contributed by atoms with E-state index >= 15 is 0 Å². The SMILES string of the molecule is CCCC(C)NC(=O)COC(=O)CSc1nnc(-c2ccc(F)cc2)n1-c1ccccc1. The third kappa shape index (κ3) is 6.40. The summed E-state index contributed by atoms with van der Waals surface area (Å²) in [5.74, 6) is -0.706. The second kappa shape index (κ2) is 11.4. The van der Waals surface area contributed by atoms with Crippen molar-refractivity contribution < 1.29 is 18.7 Å². The van der Waals surface area contributed by atoms with Crippen molar-refractivity contribution in [2.24, 2.45) is 0 Å². The number of aromatic nitrogens is 3. The Balaban J connectivity index is 1.68. The maximum atomic E-state index is 13.4. The van der Waals surface area contributed by atoms with Crippen LogP contribution in [0.15, 0.2) is 59.8 Å². The van der Waals surface area contributed by atoms with Crippen LogP contribution in [0.5, 0.6) is 0 Å². The first-order valence-electron chi connectivity index (χ1n) is 10.3. The van der Waals surface area contributed by atoms with Gasteiger partial charge < -0.3 is 10.1 Å².